The van der Waals surface area contributed by atoms with Crippen LogP contribution in [0.15, 0.2) is 23.3 Å². The van der Waals surface area contributed by atoms with Crippen molar-refractivity contribution in [3.63, 3.8) is 0 Å². The van der Waals surface area contributed by atoms with Crippen LogP contribution in [0.2, 0.25) is 5.02 Å². The molecule has 1 aromatic carbocycles. The molecule has 0 unspecified atom stereocenters. The number of nitriles is 1. The molecule has 0 spiro atoms. The largest absolute Gasteiger partial charge is 0.198 e. The molecule has 0 N–H and O–H groups in total. The van der Waals surface area contributed by atoms with Crippen molar-refractivity contribution in [3.05, 3.63) is 44.8 Å². The van der Waals surface area contributed by atoms with Gasteiger partial charge in [-0.2, -0.15) is 5.26 Å². The number of hydrogen-bond acceptors (Lipinski definition) is 2. The van der Waals surface area contributed by atoms with Gasteiger partial charge in [-0.3, -0.25) is 0 Å². The molecule has 0 radical (unpaired) electrons. The van der Waals surface area contributed by atoms with Gasteiger partial charge in [0.05, 0.1) is 11.6 Å². The second-order valence-electron chi connectivity index (χ2n) is 4.37. The topological polar surface area (TPSA) is 72.6 Å². The zero-order valence-corrected chi connectivity index (χ0v) is 10.1. The quantitative estimate of drug-likeness (QED) is 0.440. The van der Waals surface area contributed by atoms with E-state index in [2.05, 4.69) is 16.1 Å². The average molecular weight is 247 g/mol. The fraction of sp³-hybridized carbons (Fsp3) is 0.417. The SMILES string of the molecule is Cc1c(Cl)cccc1C1(N=[N+]=[N-])CC(C#N)C1. The molecular formula is C12H11ClN4. The highest BCUT2D eigenvalue weighted by atomic mass is 35.5. The number of nitrogens with zero attached hydrogens (tertiary/aromatic N) is 4. The third-order valence-corrected chi connectivity index (χ3v) is 3.77. The van der Waals surface area contributed by atoms with E-state index >= 15 is 0 Å². The molecule has 1 aliphatic carbocycles. The van der Waals surface area contributed by atoms with Gasteiger partial charge in [0.25, 0.3) is 0 Å². The summed E-state index contributed by atoms with van der Waals surface area (Å²) in [5, 5.41) is 13.4. The average Bonchev–Trinajstić information content (AvgIpc) is 2.27. The first-order valence-corrected chi connectivity index (χ1v) is 5.72. The lowest BCUT2D eigenvalue weighted by molar-refractivity contribution is 0.192. The van der Waals surface area contributed by atoms with Crippen LogP contribution < -0.4 is 0 Å². The van der Waals surface area contributed by atoms with Crippen molar-refractivity contribution in [3.8, 4) is 6.07 Å². The molecule has 0 heterocycles. The second kappa shape index (κ2) is 4.29. The first-order valence-electron chi connectivity index (χ1n) is 5.34. The van der Waals surface area contributed by atoms with Gasteiger partial charge in [-0.15, -0.1) is 0 Å². The summed E-state index contributed by atoms with van der Waals surface area (Å²) < 4.78 is 0. The molecule has 1 aromatic rings. The van der Waals surface area contributed by atoms with E-state index in [0.717, 1.165) is 11.1 Å². The van der Waals surface area contributed by atoms with Gasteiger partial charge in [0, 0.05) is 15.9 Å². The lowest BCUT2D eigenvalue weighted by Crippen LogP contribution is -2.39. The maximum Gasteiger partial charge on any atom is 0.0765 e. The van der Waals surface area contributed by atoms with Gasteiger partial charge in [-0.1, -0.05) is 28.8 Å². The van der Waals surface area contributed by atoms with Gasteiger partial charge in [-0.25, -0.2) is 0 Å². The number of hydrogen-bond donors (Lipinski definition) is 0. The van der Waals surface area contributed by atoms with Gasteiger partial charge in [0.2, 0.25) is 0 Å². The van der Waals surface area contributed by atoms with Crippen LogP contribution in [0.1, 0.15) is 24.0 Å². The lowest BCUT2D eigenvalue weighted by atomic mass is 9.65. The minimum atomic E-state index is -0.579. The molecule has 86 valence electrons. The van der Waals surface area contributed by atoms with Crippen LogP contribution in [0.5, 0.6) is 0 Å². The van der Waals surface area contributed by atoms with Crippen LogP contribution in [0.4, 0.5) is 0 Å². The Morgan fingerprint density at radius 3 is 2.88 bits per heavy atom. The fourth-order valence-corrected chi connectivity index (χ4v) is 2.57. The van der Waals surface area contributed by atoms with Crippen LogP contribution in [0.3, 0.4) is 0 Å². The molecule has 4 nitrogen and oxygen atoms in total. The van der Waals surface area contributed by atoms with Crippen LogP contribution in [-0.4, -0.2) is 0 Å². The van der Waals surface area contributed by atoms with Gasteiger partial charge < -0.3 is 0 Å². The Morgan fingerprint density at radius 2 is 2.29 bits per heavy atom. The normalized spacial score (nSPS) is 26.5. The number of benzene rings is 1. The Hall–Kier alpha value is -1.69. The van der Waals surface area contributed by atoms with Crippen molar-refractivity contribution >= 4 is 11.6 Å². The summed E-state index contributed by atoms with van der Waals surface area (Å²) in [5.74, 6) is -0.0288. The molecule has 2 rings (SSSR count). The van der Waals surface area contributed by atoms with E-state index in [1.807, 2.05) is 25.1 Å². The molecule has 0 bridgehead atoms. The van der Waals surface area contributed by atoms with Crippen LogP contribution in [-0.2, 0) is 5.54 Å². The predicted molar refractivity (Wildman–Crippen MR) is 65.4 cm³/mol. The van der Waals surface area contributed by atoms with Crippen molar-refractivity contribution in [2.45, 2.75) is 25.3 Å². The van der Waals surface area contributed by atoms with Crippen molar-refractivity contribution in [1.29, 1.82) is 5.26 Å². The summed E-state index contributed by atoms with van der Waals surface area (Å²) in [6, 6.07) is 7.78. The van der Waals surface area contributed by atoms with Crippen LogP contribution in [0.25, 0.3) is 10.4 Å². The summed E-state index contributed by atoms with van der Waals surface area (Å²) >= 11 is 6.07. The molecule has 1 aliphatic rings. The van der Waals surface area contributed by atoms with Gasteiger partial charge >= 0.3 is 0 Å². The summed E-state index contributed by atoms with van der Waals surface area (Å²) in [7, 11) is 0. The van der Waals surface area contributed by atoms with E-state index in [0.29, 0.717) is 17.9 Å². The molecular weight excluding hydrogens is 236 g/mol. The number of azide groups is 1. The molecule has 0 saturated heterocycles. The van der Waals surface area contributed by atoms with Gasteiger partial charge in [-0.05, 0) is 42.5 Å². The summed E-state index contributed by atoms with van der Waals surface area (Å²) in [5.41, 5.74) is 9.98. The lowest BCUT2D eigenvalue weighted by Gasteiger charge is -2.42. The molecule has 17 heavy (non-hydrogen) atoms. The molecule has 1 saturated carbocycles. The molecule has 0 atom stereocenters. The molecule has 0 aromatic heterocycles. The van der Waals surface area contributed by atoms with Crippen molar-refractivity contribution in [2.75, 3.05) is 0 Å². The highest BCUT2D eigenvalue weighted by Crippen LogP contribution is 2.50. The van der Waals surface area contributed by atoms with Crippen LogP contribution in [0, 0.1) is 24.2 Å². The maximum atomic E-state index is 8.85. The highest BCUT2D eigenvalue weighted by Gasteiger charge is 2.46. The maximum absolute atomic E-state index is 8.85. The summed E-state index contributed by atoms with van der Waals surface area (Å²) in [4.78, 5) is 2.92. The smallest absolute Gasteiger partial charge is 0.0765 e. The monoisotopic (exact) mass is 246 g/mol. The highest BCUT2D eigenvalue weighted by molar-refractivity contribution is 6.31. The zero-order valence-electron chi connectivity index (χ0n) is 9.39. The van der Waals surface area contributed by atoms with Crippen molar-refractivity contribution in [1.82, 2.24) is 0 Å². The van der Waals surface area contributed by atoms with E-state index in [1.165, 1.54) is 0 Å². The third kappa shape index (κ3) is 1.84. The third-order valence-electron chi connectivity index (χ3n) is 3.36. The minimum absolute atomic E-state index is 0.0288. The van der Waals surface area contributed by atoms with E-state index < -0.39 is 5.54 Å². The first kappa shape index (κ1) is 11.8. The number of rotatable bonds is 2. The summed E-state index contributed by atoms with van der Waals surface area (Å²) in [6.07, 6.45) is 1.16. The van der Waals surface area contributed by atoms with E-state index in [-0.39, 0.29) is 5.92 Å². The predicted octanol–water partition coefficient (Wildman–Crippen LogP) is 4.09. The van der Waals surface area contributed by atoms with Crippen molar-refractivity contribution < 1.29 is 0 Å². The molecule has 0 aliphatic heterocycles. The molecule has 5 heteroatoms. The standard InChI is InChI=1S/C12H11ClN4/c1-8-10(3-2-4-11(8)13)12(16-17-15)5-9(6-12)7-14/h2-4,9H,5-6H2,1H3. The minimum Gasteiger partial charge on any atom is -0.198 e. The zero-order chi connectivity index (χ0) is 12.5. The van der Waals surface area contributed by atoms with Gasteiger partial charge in [0.1, 0.15) is 0 Å². The summed E-state index contributed by atoms with van der Waals surface area (Å²) in [6.45, 7) is 1.91. The Labute approximate surface area is 104 Å². The molecule has 1 fully saturated rings. The van der Waals surface area contributed by atoms with Gasteiger partial charge in [0.15, 0.2) is 0 Å². The van der Waals surface area contributed by atoms with Crippen molar-refractivity contribution in [2.24, 2.45) is 11.0 Å². The Bertz CT molecular complexity index is 534. The fourth-order valence-electron chi connectivity index (χ4n) is 2.40. The second-order valence-corrected chi connectivity index (χ2v) is 4.77. The Kier molecular flexibility index (Phi) is 2.97. The number of halogens is 1. The Morgan fingerprint density at radius 1 is 1.59 bits per heavy atom. The van der Waals surface area contributed by atoms with E-state index in [9.17, 15) is 0 Å². The molecule has 0 amide bonds. The van der Waals surface area contributed by atoms with E-state index in [4.69, 9.17) is 22.4 Å². The Balaban J connectivity index is 2.46. The van der Waals surface area contributed by atoms with Crippen LogP contribution >= 0.6 is 11.6 Å². The first-order chi connectivity index (χ1) is 8.13. The van der Waals surface area contributed by atoms with E-state index in [1.54, 1.807) is 0 Å².